The van der Waals surface area contributed by atoms with Crippen LogP contribution in [0.2, 0.25) is 0 Å². The van der Waals surface area contributed by atoms with Crippen molar-refractivity contribution < 1.29 is 13.2 Å². The van der Waals surface area contributed by atoms with Crippen LogP contribution in [0, 0.1) is 13.8 Å². The highest BCUT2D eigenvalue weighted by Crippen LogP contribution is 2.27. The topological polar surface area (TPSA) is 93.5 Å². The number of aryl methyl sites for hydroxylation is 2. The molecule has 1 saturated heterocycles. The van der Waals surface area contributed by atoms with E-state index in [0.717, 1.165) is 0 Å². The molecule has 0 spiro atoms. The molecule has 1 fully saturated rings. The fraction of sp³-hybridized carbons (Fsp3) is 0.538. The van der Waals surface area contributed by atoms with Crippen LogP contribution in [0.3, 0.4) is 0 Å². The summed E-state index contributed by atoms with van der Waals surface area (Å²) >= 11 is 0. The fourth-order valence-corrected chi connectivity index (χ4v) is 4.46. The average molecular weight is 299 g/mol. The molecule has 0 aliphatic carbocycles. The minimum absolute atomic E-state index is 0.310. The van der Waals surface area contributed by atoms with Gasteiger partial charge in [0.25, 0.3) is 0 Å². The van der Waals surface area contributed by atoms with Gasteiger partial charge in [-0.15, -0.1) is 0 Å². The number of rotatable bonds is 4. The second kappa shape index (κ2) is 5.33. The Hall–Kier alpha value is -1.15. The van der Waals surface area contributed by atoms with Crippen molar-refractivity contribution in [3.05, 3.63) is 23.3 Å². The molecular weight excluding hydrogens is 278 g/mol. The number of hydrogen-bond acceptors (Lipinski definition) is 5. The van der Waals surface area contributed by atoms with Crippen molar-refractivity contribution in [3.8, 4) is 0 Å². The summed E-state index contributed by atoms with van der Waals surface area (Å²) in [4.78, 5) is 0.310. The monoisotopic (exact) mass is 299 g/mol. The minimum Gasteiger partial charge on any atom is -0.379 e. The predicted molar refractivity (Wildman–Crippen MR) is 77.9 cm³/mol. The van der Waals surface area contributed by atoms with E-state index in [0.29, 0.717) is 41.3 Å². The molecule has 0 aromatic heterocycles. The third-order valence-corrected chi connectivity index (χ3v) is 5.44. The molecule has 0 saturated carbocycles. The Morgan fingerprint density at radius 3 is 2.35 bits per heavy atom. The van der Waals surface area contributed by atoms with Gasteiger partial charge in [-0.2, -0.15) is 0 Å². The average Bonchev–Trinajstić information content (AvgIpc) is 2.72. The molecule has 7 heteroatoms. The largest absolute Gasteiger partial charge is 0.379 e. The normalized spacial score (nSPS) is 23.0. The lowest BCUT2D eigenvalue weighted by Crippen LogP contribution is -2.46. The lowest BCUT2D eigenvalue weighted by atomic mass is 10.0. The number of hydrogen-bond donors (Lipinski definition) is 3. The van der Waals surface area contributed by atoms with E-state index in [1.165, 1.54) is 0 Å². The van der Waals surface area contributed by atoms with Crippen LogP contribution in [0.15, 0.2) is 17.0 Å². The predicted octanol–water partition coefficient (Wildman–Crippen LogP) is 1.05. The highest BCUT2D eigenvalue weighted by Gasteiger charge is 2.35. The third kappa shape index (κ3) is 2.95. The van der Waals surface area contributed by atoms with Crippen LogP contribution in [0.5, 0.6) is 0 Å². The molecule has 112 valence electrons. The molecule has 1 aromatic rings. The maximum Gasteiger partial charge on any atom is 0.241 e. The number of ether oxygens (including phenoxy) is 1. The molecule has 0 amide bonds. The second-order valence-electron chi connectivity index (χ2n) is 5.55. The third-order valence-electron chi connectivity index (χ3n) is 3.50. The van der Waals surface area contributed by atoms with Crippen LogP contribution in [0.1, 0.15) is 24.5 Å². The standard InChI is InChI=1S/C13H21N3O3S/c1-9-6-11(15-14)7-10(2)12(9)20(17,18)16-13(3)4-5-19-8-13/h6-7,15-16H,4-5,8,14H2,1-3H3. The zero-order valence-corrected chi connectivity index (χ0v) is 12.8. The first-order chi connectivity index (χ1) is 9.27. The molecule has 20 heavy (non-hydrogen) atoms. The Bertz CT molecular complexity index is 584. The van der Waals surface area contributed by atoms with E-state index < -0.39 is 15.6 Å². The summed E-state index contributed by atoms with van der Waals surface area (Å²) in [5, 5.41) is 0. The Morgan fingerprint density at radius 2 is 1.90 bits per heavy atom. The van der Waals surface area contributed by atoms with Crippen molar-refractivity contribution in [2.45, 2.75) is 37.6 Å². The molecule has 0 radical (unpaired) electrons. The minimum atomic E-state index is -3.59. The maximum absolute atomic E-state index is 12.6. The fourth-order valence-electron chi connectivity index (χ4n) is 2.58. The molecule has 1 unspecified atom stereocenters. The molecule has 2 rings (SSSR count). The van der Waals surface area contributed by atoms with Gasteiger partial charge < -0.3 is 10.2 Å². The van der Waals surface area contributed by atoms with Crippen molar-refractivity contribution in [3.63, 3.8) is 0 Å². The summed E-state index contributed by atoms with van der Waals surface area (Å²) in [7, 11) is -3.59. The van der Waals surface area contributed by atoms with Gasteiger partial charge in [0.15, 0.2) is 0 Å². The Labute approximate surface area is 119 Å². The number of nitrogen functional groups attached to an aromatic ring is 1. The number of nitrogens with two attached hydrogens (primary N) is 1. The summed E-state index contributed by atoms with van der Waals surface area (Å²) in [6.45, 7) is 6.35. The second-order valence-corrected chi connectivity index (χ2v) is 7.17. The maximum atomic E-state index is 12.6. The van der Waals surface area contributed by atoms with Gasteiger partial charge in [-0.05, 0) is 50.5 Å². The van der Waals surface area contributed by atoms with Crippen molar-refractivity contribution in [2.24, 2.45) is 5.84 Å². The van der Waals surface area contributed by atoms with Gasteiger partial charge >= 0.3 is 0 Å². The lowest BCUT2D eigenvalue weighted by molar-refractivity contribution is 0.178. The van der Waals surface area contributed by atoms with E-state index in [4.69, 9.17) is 10.6 Å². The van der Waals surface area contributed by atoms with Crippen molar-refractivity contribution in [2.75, 3.05) is 18.6 Å². The molecule has 6 nitrogen and oxygen atoms in total. The van der Waals surface area contributed by atoms with E-state index >= 15 is 0 Å². The van der Waals surface area contributed by atoms with E-state index in [2.05, 4.69) is 10.1 Å². The van der Waals surface area contributed by atoms with Crippen LogP contribution in [0.4, 0.5) is 5.69 Å². The molecule has 1 aromatic carbocycles. The van der Waals surface area contributed by atoms with Gasteiger partial charge in [0, 0.05) is 12.3 Å². The van der Waals surface area contributed by atoms with Gasteiger partial charge in [-0.3, -0.25) is 5.84 Å². The highest BCUT2D eigenvalue weighted by atomic mass is 32.2. The Morgan fingerprint density at radius 1 is 1.30 bits per heavy atom. The van der Waals surface area contributed by atoms with E-state index in [1.807, 2.05) is 6.92 Å². The molecule has 1 atom stereocenters. The number of nitrogens with one attached hydrogen (secondary N) is 2. The van der Waals surface area contributed by atoms with Crippen molar-refractivity contribution >= 4 is 15.7 Å². The molecule has 0 bridgehead atoms. The first-order valence-corrected chi connectivity index (χ1v) is 7.95. The summed E-state index contributed by atoms with van der Waals surface area (Å²) in [5.74, 6) is 5.37. The molecule has 4 N–H and O–H groups in total. The molecule has 1 heterocycles. The summed E-state index contributed by atoms with van der Waals surface area (Å²) in [6, 6.07) is 3.43. The van der Waals surface area contributed by atoms with Crippen LogP contribution in [-0.4, -0.2) is 27.2 Å². The van der Waals surface area contributed by atoms with Gasteiger partial charge in [0.05, 0.1) is 17.0 Å². The number of anilines is 1. The van der Waals surface area contributed by atoms with Gasteiger partial charge in [-0.1, -0.05) is 0 Å². The van der Waals surface area contributed by atoms with Crippen LogP contribution >= 0.6 is 0 Å². The first-order valence-electron chi connectivity index (χ1n) is 6.47. The van der Waals surface area contributed by atoms with E-state index in [9.17, 15) is 8.42 Å². The van der Waals surface area contributed by atoms with Crippen LogP contribution in [-0.2, 0) is 14.8 Å². The lowest BCUT2D eigenvalue weighted by Gasteiger charge is -2.24. The number of sulfonamides is 1. The molecule has 1 aliphatic rings. The molecule has 1 aliphatic heterocycles. The Balaban J connectivity index is 2.39. The van der Waals surface area contributed by atoms with Gasteiger partial charge in [-0.25, -0.2) is 13.1 Å². The number of hydrazine groups is 1. The zero-order valence-electron chi connectivity index (χ0n) is 12.0. The first kappa shape index (κ1) is 15.2. The van der Waals surface area contributed by atoms with Crippen molar-refractivity contribution in [1.29, 1.82) is 0 Å². The Kier molecular flexibility index (Phi) is 4.06. The highest BCUT2D eigenvalue weighted by molar-refractivity contribution is 7.89. The van der Waals surface area contributed by atoms with E-state index in [-0.39, 0.29) is 0 Å². The SMILES string of the molecule is Cc1cc(NN)cc(C)c1S(=O)(=O)NC1(C)CCOC1. The quantitative estimate of drug-likeness (QED) is 0.571. The van der Waals surface area contributed by atoms with Crippen molar-refractivity contribution in [1.82, 2.24) is 4.72 Å². The van der Waals surface area contributed by atoms with E-state index in [1.54, 1.807) is 26.0 Å². The number of benzene rings is 1. The van der Waals surface area contributed by atoms with Crippen LogP contribution in [0.25, 0.3) is 0 Å². The molecular formula is C13H21N3O3S. The summed E-state index contributed by atoms with van der Waals surface area (Å²) in [5.41, 5.74) is 4.00. The smallest absolute Gasteiger partial charge is 0.241 e. The zero-order chi connectivity index (χ0) is 15.0. The summed E-state index contributed by atoms with van der Waals surface area (Å²) < 4.78 is 33.3. The van der Waals surface area contributed by atoms with Gasteiger partial charge in [0.2, 0.25) is 10.0 Å². The summed E-state index contributed by atoms with van der Waals surface area (Å²) in [6.07, 6.45) is 0.673. The van der Waals surface area contributed by atoms with Crippen LogP contribution < -0.4 is 16.0 Å². The van der Waals surface area contributed by atoms with Gasteiger partial charge in [0.1, 0.15) is 0 Å².